The summed E-state index contributed by atoms with van der Waals surface area (Å²) in [4.78, 5) is 0. The first-order valence-electron chi connectivity index (χ1n) is 5.62. The summed E-state index contributed by atoms with van der Waals surface area (Å²) in [6.45, 7) is 1.94. The first-order chi connectivity index (χ1) is 8.65. The van der Waals surface area contributed by atoms with Crippen LogP contribution in [0.5, 0.6) is 11.5 Å². The second-order valence-electron chi connectivity index (χ2n) is 3.70. The number of anilines is 1. The zero-order chi connectivity index (χ0) is 13.5. The minimum Gasteiger partial charge on any atom is -0.493 e. The van der Waals surface area contributed by atoms with Crippen molar-refractivity contribution in [3.63, 3.8) is 0 Å². The van der Waals surface area contributed by atoms with Crippen molar-refractivity contribution in [3.05, 3.63) is 18.2 Å². The molecule has 1 atom stereocenters. The van der Waals surface area contributed by atoms with Gasteiger partial charge in [0.05, 0.1) is 20.3 Å². The number of amidine groups is 1. The van der Waals surface area contributed by atoms with Crippen molar-refractivity contribution in [3.8, 4) is 11.5 Å². The third-order valence-corrected chi connectivity index (χ3v) is 2.61. The summed E-state index contributed by atoms with van der Waals surface area (Å²) in [7, 11) is 3.15. The summed E-state index contributed by atoms with van der Waals surface area (Å²) in [6, 6.07) is 5.20. The number of nitrogens with two attached hydrogens (primary N) is 1. The summed E-state index contributed by atoms with van der Waals surface area (Å²) < 4.78 is 10.4. The molecule has 4 N–H and O–H groups in total. The Balaban J connectivity index is 2.90. The quantitative estimate of drug-likeness (QED) is 0.310. The number of rotatable bonds is 6. The average molecular weight is 253 g/mol. The van der Waals surface area contributed by atoms with Crippen LogP contribution in [0.1, 0.15) is 13.3 Å². The monoisotopic (exact) mass is 253 g/mol. The average Bonchev–Trinajstić information content (AvgIpc) is 2.43. The molecule has 0 heterocycles. The molecule has 0 aliphatic heterocycles. The Hall–Kier alpha value is -2.11. The second kappa shape index (κ2) is 6.58. The lowest BCUT2D eigenvalue weighted by atomic mass is 10.2. The van der Waals surface area contributed by atoms with E-state index in [1.807, 2.05) is 13.0 Å². The van der Waals surface area contributed by atoms with Gasteiger partial charge in [0.25, 0.3) is 0 Å². The summed E-state index contributed by atoms with van der Waals surface area (Å²) >= 11 is 0. The number of nitrogens with one attached hydrogen (secondary N) is 1. The molecule has 0 fully saturated rings. The van der Waals surface area contributed by atoms with Gasteiger partial charge in [-0.05, 0) is 18.6 Å². The van der Waals surface area contributed by atoms with Crippen LogP contribution in [0, 0.1) is 0 Å². The maximum absolute atomic E-state index is 8.68. The Morgan fingerprint density at radius 1 is 1.39 bits per heavy atom. The molecule has 0 spiro atoms. The van der Waals surface area contributed by atoms with E-state index in [0.717, 1.165) is 5.69 Å². The van der Waals surface area contributed by atoms with E-state index in [-0.39, 0.29) is 11.9 Å². The molecule has 1 aromatic rings. The number of hydrogen-bond donors (Lipinski definition) is 3. The molecule has 18 heavy (non-hydrogen) atoms. The smallest absolute Gasteiger partial charge is 0.162 e. The normalized spacial score (nSPS) is 12.9. The van der Waals surface area contributed by atoms with Crippen LogP contribution in [-0.2, 0) is 0 Å². The summed E-state index contributed by atoms with van der Waals surface area (Å²) in [5.41, 5.74) is 6.39. The minimum atomic E-state index is -0.229. The van der Waals surface area contributed by atoms with Crippen LogP contribution in [-0.4, -0.2) is 31.3 Å². The van der Waals surface area contributed by atoms with E-state index in [0.29, 0.717) is 17.9 Å². The molecule has 0 amide bonds. The molecule has 1 aromatic carbocycles. The van der Waals surface area contributed by atoms with Crippen LogP contribution in [0.25, 0.3) is 0 Å². The lowest BCUT2D eigenvalue weighted by Crippen LogP contribution is -2.35. The van der Waals surface area contributed by atoms with Crippen molar-refractivity contribution in [1.29, 1.82) is 0 Å². The largest absolute Gasteiger partial charge is 0.493 e. The van der Waals surface area contributed by atoms with E-state index in [4.69, 9.17) is 20.4 Å². The van der Waals surface area contributed by atoms with Crippen LogP contribution in [0.15, 0.2) is 23.4 Å². The molecular formula is C12H19N3O3. The molecule has 6 nitrogen and oxygen atoms in total. The molecule has 0 aromatic heterocycles. The number of ether oxygens (including phenoxy) is 2. The summed E-state index contributed by atoms with van der Waals surface area (Å²) in [6.07, 6.45) is 0.699. The van der Waals surface area contributed by atoms with Gasteiger partial charge in [-0.25, -0.2) is 0 Å². The minimum absolute atomic E-state index is 0.146. The topological polar surface area (TPSA) is 89.1 Å². The van der Waals surface area contributed by atoms with Crippen molar-refractivity contribution >= 4 is 11.5 Å². The first-order valence-corrected chi connectivity index (χ1v) is 5.62. The highest BCUT2D eigenvalue weighted by atomic mass is 16.5. The van der Waals surface area contributed by atoms with Gasteiger partial charge in [-0.2, -0.15) is 0 Å². The molecule has 100 valence electrons. The molecule has 6 heteroatoms. The van der Waals surface area contributed by atoms with Gasteiger partial charge in [0, 0.05) is 11.8 Å². The fourth-order valence-electron chi connectivity index (χ4n) is 1.58. The van der Waals surface area contributed by atoms with E-state index in [1.165, 1.54) is 0 Å². The molecule has 0 bridgehead atoms. The van der Waals surface area contributed by atoms with Gasteiger partial charge in [-0.1, -0.05) is 12.1 Å². The van der Waals surface area contributed by atoms with Crippen LogP contribution >= 0.6 is 0 Å². The van der Waals surface area contributed by atoms with Crippen molar-refractivity contribution in [2.75, 3.05) is 19.5 Å². The van der Waals surface area contributed by atoms with Crippen molar-refractivity contribution in [1.82, 2.24) is 0 Å². The molecular weight excluding hydrogens is 234 g/mol. The van der Waals surface area contributed by atoms with Gasteiger partial charge < -0.3 is 25.7 Å². The molecule has 0 radical (unpaired) electrons. The Morgan fingerprint density at radius 3 is 2.56 bits per heavy atom. The van der Waals surface area contributed by atoms with E-state index in [1.54, 1.807) is 26.4 Å². The van der Waals surface area contributed by atoms with E-state index in [9.17, 15) is 0 Å². The van der Waals surface area contributed by atoms with Crippen LogP contribution in [0.3, 0.4) is 0 Å². The van der Waals surface area contributed by atoms with Crippen molar-refractivity contribution in [2.24, 2.45) is 10.9 Å². The maximum atomic E-state index is 8.68. The molecule has 0 saturated heterocycles. The van der Waals surface area contributed by atoms with Crippen LogP contribution in [0.2, 0.25) is 0 Å². The fraction of sp³-hybridized carbons (Fsp3) is 0.417. The second-order valence-corrected chi connectivity index (χ2v) is 3.70. The lowest BCUT2D eigenvalue weighted by molar-refractivity contribution is 0.316. The lowest BCUT2D eigenvalue weighted by Gasteiger charge is -2.17. The first kappa shape index (κ1) is 14.0. The number of nitrogens with zero attached hydrogens (tertiary/aromatic N) is 1. The van der Waals surface area contributed by atoms with Crippen molar-refractivity contribution in [2.45, 2.75) is 19.4 Å². The highest BCUT2D eigenvalue weighted by molar-refractivity contribution is 5.87. The SMILES string of the molecule is CCC(Nc1ccc(OC)c(OC)c1)C(N)=NO. The van der Waals surface area contributed by atoms with E-state index in [2.05, 4.69) is 10.5 Å². The predicted molar refractivity (Wildman–Crippen MR) is 70.7 cm³/mol. The summed E-state index contributed by atoms with van der Waals surface area (Å²) in [5.74, 6) is 1.42. The van der Waals surface area contributed by atoms with Crippen LogP contribution < -0.4 is 20.5 Å². The van der Waals surface area contributed by atoms with Gasteiger partial charge in [0.15, 0.2) is 17.3 Å². The Morgan fingerprint density at radius 2 is 2.06 bits per heavy atom. The van der Waals surface area contributed by atoms with Gasteiger partial charge in [-0.3, -0.25) is 0 Å². The Kier molecular flexibility index (Phi) is 5.10. The van der Waals surface area contributed by atoms with Crippen molar-refractivity contribution < 1.29 is 14.7 Å². The molecule has 1 unspecified atom stereocenters. The summed E-state index contributed by atoms with van der Waals surface area (Å²) in [5, 5.41) is 14.8. The molecule has 0 saturated carbocycles. The molecule has 0 aliphatic carbocycles. The third-order valence-electron chi connectivity index (χ3n) is 2.61. The highest BCUT2D eigenvalue weighted by Gasteiger charge is 2.12. The molecule has 1 rings (SSSR count). The standard InChI is InChI=1S/C12H19N3O3/c1-4-9(12(13)15-16)14-8-5-6-10(17-2)11(7-8)18-3/h5-7,9,14,16H,4H2,1-3H3,(H2,13,15). The van der Waals surface area contributed by atoms with Gasteiger partial charge in [0.1, 0.15) is 0 Å². The van der Waals surface area contributed by atoms with Gasteiger partial charge >= 0.3 is 0 Å². The Labute approximate surface area is 106 Å². The number of hydrogen-bond acceptors (Lipinski definition) is 5. The number of oxime groups is 1. The van der Waals surface area contributed by atoms with Crippen LogP contribution in [0.4, 0.5) is 5.69 Å². The highest BCUT2D eigenvalue weighted by Crippen LogP contribution is 2.30. The molecule has 0 aliphatic rings. The third kappa shape index (κ3) is 3.19. The predicted octanol–water partition coefficient (Wildman–Crippen LogP) is 1.64. The van der Waals surface area contributed by atoms with E-state index >= 15 is 0 Å². The van der Waals surface area contributed by atoms with E-state index < -0.39 is 0 Å². The fourth-order valence-corrected chi connectivity index (χ4v) is 1.58. The zero-order valence-electron chi connectivity index (χ0n) is 10.8. The zero-order valence-corrected chi connectivity index (χ0v) is 10.8. The maximum Gasteiger partial charge on any atom is 0.162 e. The number of methoxy groups -OCH3 is 2. The number of benzene rings is 1. The van der Waals surface area contributed by atoms with Gasteiger partial charge in [0.2, 0.25) is 0 Å². The Bertz CT molecular complexity index is 421. The van der Waals surface area contributed by atoms with Gasteiger partial charge in [-0.15, -0.1) is 0 Å².